The second-order valence-electron chi connectivity index (χ2n) is 3.38. The largest absolute Gasteiger partial charge is 0.468 e. The molecule has 0 N–H and O–H groups in total. The van der Waals surface area contributed by atoms with Gasteiger partial charge < -0.3 is 9.64 Å². The monoisotopic (exact) mass is 185 g/mol. The molecule has 1 rings (SSSR count). The second kappa shape index (κ2) is 4.84. The number of hydrogen-bond acceptors (Lipinski definition) is 3. The predicted molar refractivity (Wildman–Crippen MR) is 47.0 cm³/mol. The molecule has 0 aliphatic carbocycles. The number of likely N-dealkylation sites (tertiary alicyclic amines) is 1. The summed E-state index contributed by atoms with van der Waals surface area (Å²) in [5.74, 6) is 0.565. The van der Waals surface area contributed by atoms with Crippen LogP contribution >= 0.6 is 0 Å². The van der Waals surface area contributed by atoms with Gasteiger partial charge in [0.2, 0.25) is 5.91 Å². The van der Waals surface area contributed by atoms with Crippen molar-refractivity contribution < 1.29 is 14.3 Å². The van der Waals surface area contributed by atoms with E-state index in [0.29, 0.717) is 19.0 Å². The van der Waals surface area contributed by atoms with Gasteiger partial charge in [0, 0.05) is 20.0 Å². The second-order valence-corrected chi connectivity index (χ2v) is 3.38. The Morgan fingerprint density at radius 2 is 2.15 bits per heavy atom. The first-order chi connectivity index (χ1) is 6.24. The van der Waals surface area contributed by atoms with Crippen molar-refractivity contribution in [1.29, 1.82) is 0 Å². The van der Waals surface area contributed by atoms with Crippen LogP contribution in [0, 0.1) is 5.92 Å². The van der Waals surface area contributed by atoms with Crippen LogP contribution in [0.3, 0.4) is 0 Å². The highest BCUT2D eigenvalue weighted by Gasteiger charge is 2.20. The maximum absolute atomic E-state index is 11.0. The minimum absolute atomic E-state index is 0.134. The lowest BCUT2D eigenvalue weighted by Crippen LogP contribution is -2.38. The average molecular weight is 185 g/mol. The highest BCUT2D eigenvalue weighted by molar-refractivity contribution is 5.73. The van der Waals surface area contributed by atoms with E-state index in [9.17, 15) is 9.59 Å². The van der Waals surface area contributed by atoms with E-state index >= 15 is 0 Å². The fraction of sp³-hybridized carbons (Fsp3) is 0.778. The summed E-state index contributed by atoms with van der Waals surface area (Å²) in [6.45, 7) is 4.15. The number of carbonyl (C=O) groups excluding carboxylic acids is 2. The van der Waals surface area contributed by atoms with Gasteiger partial charge in [-0.3, -0.25) is 9.59 Å². The SMILES string of the molecule is CC(=O)N1CCC(COC=O)CC1. The lowest BCUT2D eigenvalue weighted by atomic mass is 9.98. The van der Waals surface area contributed by atoms with Gasteiger partial charge in [0.05, 0.1) is 6.61 Å². The third kappa shape index (κ3) is 3.05. The molecule has 0 unspecified atom stereocenters. The lowest BCUT2D eigenvalue weighted by Gasteiger charge is -2.30. The normalized spacial score (nSPS) is 18.4. The van der Waals surface area contributed by atoms with Gasteiger partial charge in [-0.1, -0.05) is 0 Å². The molecule has 0 spiro atoms. The van der Waals surface area contributed by atoms with Crippen molar-refractivity contribution >= 4 is 12.4 Å². The zero-order valence-electron chi connectivity index (χ0n) is 7.86. The summed E-state index contributed by atoms with van der Waals surface area (Å²) in [6.07, 6.45) is 1.88. The van der Waals surface area contributed by atoms with Crippen LogP contribution in [-0.4, -0.2) is 37.0 Å². The van der Waals surface area contributed by atoms with E-state index in [1.165, 1.54) is 0 Å². The molecule has 0 bridgehead atoms. The van der Waals surface area contributed by atoms with Gasteiger partial charge in [-0.05, 0) is 18.8 Å². The Morgan fingerprint density at radius 3 is 2.62 bits per heavy atom. The molecule has 1 heterocycles. The number of hydrogen-bond donors (Lipinski definition) is 0. The summed E-state index contributed by atoms with van der Waals surface area (Å²) >= 11 is 0. The van der Waals surface area contributed by atoms with E-state index in [1.807, 2.05) is 4.90 Å². The van der Waals surface area contributed by atoms with Gasteiger partial charge in [-0.2, -0.15) is 0 Å². The van der Waals surface area contributed by atoms with Crippen molar-refractivity contribution in [3.63, 3.8) is 0 Å². The Morgan fingerprint density at radius 1 is 1.54 bits per heavy atom. The average Bonchev–Trinajstić information content (AvgIpc) is 2.15. The van der Waals surface area contributed by atoms with Gasteiger partial charge >= 0.3 is 0 Å². The van der Waals surface area contributed by atoms with Crippen molar-refractivity contribution in [2.45, 2.75) is 19.8 Å². The van der Waals surface area contributed by atoms with E-state index in [0.717, 1.165) is 25.9 Å². The van der Waals surface area contributed by atoms with Crippen molar-refractivity contribution in [1.82, 2.24) is 4.90 Å². The Labute approximate surface area is 77.8 Å². The minimum Gasteiger partial charge on any atom is -0.468 e. The van der Waals surface area contributed by atoms with Crippen LogP contribution in [-0.2, 0) is 14.3 Å². The first-order valence-electron chi connectivity index (χ1n) is 4.55. The molecule has 0 atom stereocenters. The van der Waals surface area contributed by atoms with E-state index in [-0.39, 0.29) is 5.91 Å². The number of ether oxygens (including phenoxy) is 1. The predicted octanol–water partition coefficient (Wildman–Crippen LogP) is 0.418. The highest BCUT2D eigenvalue weighted by atomic mass is 16.5. The van der Waals surface area contributed by atoms with Crippen LogP contribution in [0.4, 0.5) is 0 Å². The fourth-order valence-electron chi connectivity index (χ4n) is 1.59. The Balaban J connectivity index is 2.22. The molecule has 4 nitrogen and oxygen atoms in total. The zero-order valence-corrected chi connectivity index (χ0v) is 7.86. The molecule has 1 saturated heterocycles. The molecule has 1 aliphatic rings. The first-order valence-corrected chi connectivity index (χ1v) is 4.55. The van der Waals surface area contributed by atoms with Gasteiger partial charge in [0.25, 0.3) is 6.47 Å². The van der Waals surface area contributed by atoms with Crippen LogP contribution in [0.1, 0.15) is 19.8 Å². The maximum atomic E-state index is 11.0. The van der Waals surface area contributed by atoms with Gasteiger partial charge in [0.1, 0.15) is 0 Å². The molecule has 0 aromatic carbocycles. The maximum Gasteiger partial charge on any atom is 0.293 e. The minimum atomic E-state index is 0.134. The highest BCUT2D eigenvalue weighted by Crippen LogP contribution is 2.16. The molecule has 1 fully saturated rings. The topological polar surface area (TPSA) is 46.6 Å². The molecule has 1 amide bonds. The van der Waals surface area contributed by atoms with Crippen LogP contribution < -0.4 is 0 Å². The molecular formula is C9H15NO3. The molecule has 0 aromatic rings. The number of rotatable bonds is 3. The Bertz CT molecular complexity index is 185. The zero-order chi connectivity index (χ0) is 9.68. The van der Waals surface area contributed by atoms with Gasteiger partial charge in [0.15, 0.2) is 0 Å². The Kier molecular flexibility index (Phi) is 3.73. The van der Waals surface area contributed by atoms with Crippen molar-refractivity contribution in [3.05, 3.63) is 0 Å². The van der Waals surface area contributed by atoms with E-state index < -0.39 is 0 Å². The number of nitrogens with zero attached hydrogens (tertiary/aromatic N) is 1. The summed E-state index contributed by atoms with van der Waals surface area (Å²) in [6, 6.07) is 0. The smallest absolute Gasteiger partial charge is 0.293 e. The molecule has 4 heteroatoms. The summed E-state index contributed by atoms with van der Waals surface area (Å²) < 4.78 is 4.68. The summed E-state index contributed by atoms with van der Waals surface area (Å²) in [5.41, 5.74) is 0. The van der Waals surface area contributed by atoms with Crippen molar-refractivity contribution in [2.24, 2.45) is 5.92 Å². The quantitative estimate of drug-likeness (QED) is 0.598. The molecular weight excluding hydrogens is 170 g/mol. The number of carbonyl (C=O) groups is 2. The molecule has 0 radical (unpaired) electrons. The number of amides is 1. The van der Waals surface area contributed by atoms with Gasteiger partial charge in [-0.15, -0.1) is 0 Å². The Hall–Kier alpha value is -1.06. The third-order valence-electron chi connectivity index (χ3n) is 2.46. The fourth-order valence-corrected chi connectivity index (χ4v) is 1.59. The molecule has 0 aromatic heterocycles. The summed E-state index contributed by atoms with van der Waals surface area (Å²) in [4.78, 5) is 22.7. The standard InChI is InChI=1S/C9H15NO3/c1-8(12)10-4-2-9(3-5-10)6-13-7-11/h7,9H,2-6H2,1H3. The van der Waals surface area contributed by atoms with Crippen LogP contribution in [0.15, 0.2) is 0 Å². The summed E-state index contributed by atoms with van der Waals surface area (Å²) in [5, 5.41) is 0. The van der Waals surface area contributed by atoms with E-state index in [1.54, 1.807) is 6.92 Å². The first kappa shape index (κ1) is 10.0. The molecule has 74 valence electrons. The molecule has 0 saturated carbocycles. The molecule has 1 aliphatic heterocycles. The van der Waals surface area contributed by atoms with Crippen molar-refractivity contribution in [3.8, 4) is 0 Å². The summed E-state index contributed by atoms with van der Waals surface area (Å²) in [7, 11) is 0. The van der Waals surface area contributed by atoms with Gasteiger partial charge in [-0.25, -0.2) is 0 Å². The molecule has 13 heavy (non-hydrogen) atoms. The number of piperidine rings is 1. The van der Waals surface area contributed by atoms with Crippen LogP contribution in [0.25, 0.3) is 0 Å². The van der Waals surface area contributed by atoms with E-state index in [2.05, 4.69) is 4.74 Å². The van der Waals surface area contributed by atoms with Crippen molar-refractivity contribution in [2.75, 3.05) is 19.7 Å². The third-order valence-corrected chi connectivity index (χ3v) is 2.46. The van der Waals surface area contributed by atoms with Crippen LogP contribution in [0.2, 0.25) is 0 Å². The van der Waals surface area contributed by atoms with E-state index in [4.69, 9.17) is 0 Å². The van der Waals surface area contributed by atoms with Crippen LogP contribution in [0.5, 0.6) is 0 Å². The lowest BCUT2D eigenvalue weighted by molar-refractivity contribution is -0.133.